The maximum Gasteiger partial charge on any atom is 0.272 e. The van der Waals surface area contributed by atoms with Crippen LogP contribution >= 0.6 is 0 Å². The SMILES string of the molecule is CCN[C@H]1CN(C(=O)c2cc(-c3ccccn3)n[nH]2)C2(CCCCC2)C1. The number of hydrogen-bond donors (Lipinski definition) is 2. The molecular formula is C20H27N5O. The van der Waals surface area contributed by atoms with E-state index >= 15 is 0 Å². The van der Waals surface area contributed by atoms with Crippen LogP contribution in [0.5, 0.6) is 0 Å². The smallest absolute Gasteiger partial charge is 0.272 e. The Morgan fingerprint density at radius 1 is 1.31 bits per heavy atom. The predicted molar refractivity (Wildman–Crippen MR) is 101 cm³/mol. The fourth-order valence-corrected chi connectivity index (χ4v) is 4.68. The summed E-state index contributed by atoms with van der Waals surface area (Å²) in [7, 11) is 0. The highest BCUT2D eigenvalue weighted by atomic mass is 16.2. The van der Waals surface area contributed by atoms with E-state index in [-0.39, 0.29) is 11.4 Å². The number of rotatable bonds is 4. The van der Waals surface area contributed by atoms with Gasteiger partial charge in [-0.05, 0) is 44.0 Å². The number of likely N-dealkylation sites (N-methyl/N-ethyl adjacent to an activating group) is 1. The summed E-state index contributed by atoms with van der Waals surface area (Å²) in [4.78, 5) is 19.8. The Bertz CT molecular complexity index is 751. The Kier molecular flexibility index (Phi) is 4.76. The average molecular weight is 353 g/mol. The lowest BCUT2D eigenvalue weighted by Gasteiger charge is -2.41. The lowest BCUT2D eigenvalue weighted by atomic mass is 9.79. The number of nitrogens with zero attached hydrogens (tertiary/aromatic N) is 3. The van der Waals surface area contributed by atoms with Gasteiger partial charge in [0.1, 0.15) is 11.4 Å². The van der Waals surface area contributed by atoms with Crippen LogP contribution in [0.4, 0.5) is 0 Å². The number of carbonyl (C=O) groups is 1. The lowest BCUT2D eigenvalue weighted by Crippen LogP contribution is -2.48. The standard InChI is InChI=1S/C20H27N5O/c1-2-21-15-13-20(9-5-3-6-10-20)25(14-15)19(26)18-12-17(23-24-18)16-8-4-7-11-22-16/h4,7-8,11-12,15,21H,2-3,5-6,9-10,13-14H2,1H3,(H,23,24)/t15-/m1/s1. The van der Waals surface area contributed by atoms with Crippen LogP contribution in [-0.2, 0) is 0 Å². The molecular weight excluding hydrogens is 326 g/mol. The van der Waals surface area contributed by atoms with Crippen molar-refractivity contribution in [3.05, 3.63) is 36.2 Å². The van der Waals surface area contributed by atoms with Gasteiger partial charge in [-0.15, -0.1) is 0 Å². The number of hydrogen-bond acceptors (Lipinski definition) is 4. The van der Waals surface area contributed by atoms with E-state index in [1.807, 2.05) is 24.3 Å². The molecule has 2 aromatic heterocycles. The van der Waals surface area contributed by atoms with Gasteiger partial charge in [0.15, 0.2) is 0 Å². The van der Waals surface area contributed by atoms with Gasteiger partial charge < -0.3 is 10.2 Å². The minimum Gasteiger partial charge on any atom is -0.330 e. The zero-order chi connectivity index (χ0) is 18.0. The fourth-order valence-electron chi connectivity index (χ4n) is 4.68. The van der Waals surface area contributed by atoms with Crippen molar-refractivity contribution < 1.29 is 4.79 Å². The molecule has 3 heterocycles. The largest absolute Gasteiger partial charge is 0.330 e. The van der Waals surface area contributed by atoms with E-state index in [1.165, 1.54) is 19.3 Å². The van der Waals surface area contributed by atoms with E-state index in [0.717, 1.165) is 38.0 Å². The highest BCUT2D eigenvalue weighted by Gasteiger charge is 2.48. The second kappa shape index (κ2) is 7.19. The van der Waals surface area contributed by atoms with Crippen molar-refractivity contribution >= 4 is 5.91 Å². The van der Waals surface area contributed by atoms with Crippen molar-refractivity contribution in [3.8, 4) is 11.4 Å². The van der Waals surface area contributed by atoms with Crippen LogP contribution in [0.15, 0.2) is 30.5 Å². The highest BCUT2D eigenvalue weighted by molar-refractivity contribution is 5.94. The molecule has 2 N–H and O–H groups in total. The minimum absolute atomic E-state index is 0.0123. The van der Waals surface area contributed by atoms with Gasteiger partial charge in [0, 0.05) is 24.3 Å². The number of carbonyl (C=O) groups excluding carboxylic acids is 1. The maximum absolute atomic E-state index is 13.3. The van der Waals surface area contributed by atoms with E-state index in [2.05, 4.69) is 32.3 Å². The van der Waals surface area contributed by atoms with Gasteiger partial charge in [0.05, 0.1) is 5.69 Å². The van der Waals surface area contributed by atoms with E-state index in [9.17, 15) is 4.79 Å². The fraction of sp³-hybridized carbons (Fsp3) is 0.550. The summed E-state index contributed by atoms with van der Waals surface area (Å²) in [6, 6.07) is 7.93. The molecule has 0 radical (unpaired) electrons. The molecule has 0 bridgehead atoms. The molecule has 26 heavy (non-hydrogen) atoms. The third kappa shape index (κ3) is 3.14. The molecule has 1 atom stereocenters. The molecule has 138 valence electrons. The Balaban J connectivity index is 1.59. The Labute approximate surface area is 154 Å². The first-order valence-electron chi connectivity index (χ1n) is 9.74. The summed E-state index contributed by atoms with van der Waals surface area (Å²) in [5.41, 5.74) is 2.07. The number of aromatic amines is 1. The number of pyridine rings is 1. The van der Waals surface area contributed by atoms with E-state index < -0.39 is 0 Å². The summed E-state index contributed by atoms with van der Waals surface area (Å²) < 4.78 is 0. The number of likely N-dealkylation sites (tertiary alicyclic amines) is 1. The van der Waals surface area contributed by atoms with Gasteiger partial charge in [0.25, 0.3) is 5.91 Å². The molecule has 0 aromatic carbocycles. The Morgan fingerprint density at radius 3 is 2.88 bits per heavy atom. The molecule has 6 nitrogen and oxygen atoms in total. The summed E-state index contributed by atoms with van der Waals surface area (Å²) in [5.74, 6) is 0.0713. The average Bonchev–Trinajstić information content (AvgIpc) is 3.29. The summed E-state index contributed by atoms with van der Waals surface area (Å²) in [6.45, 7) is 3.85. The predicted octanol–water partition coefficient (Wildman–Crippen LogP) is 3.00. The van der Waals surface area contributed by atoms with Crippen LogP contribution in [0.2, 0.25) is 0 Å². The first kappa shape index (κ1) is 17.2. The van der Waals surface area contributed by atoms with Crippen molar-refractivity contribution in [3.63, 3.8) is 0 Å². The molecule has 2 aromatic rings. The van der Waals surface area contributed by atoms with Gasteiger partial charge in [-0.3, -0.25) is 14.9 Å². The van der Waals surface area contributed by atoms with Crippen molar-refractivity contribution in [1.82, 2.24) is 25.4 Å². The zero-order valence-corrected chi connectivity index (χ0v) is 15.4. The third-order valence-electron chi connectivity index (χ3n) is 5.86. The number of H-pyrrole nitrogens is 1. The van der Waals surface area contributed by atoms with Crippen molar-refractivity contribution in [2.75, 3.05) is 13.1 Å². The zero-order valence-electron chi connectivity index (χ0n) is 15.4. The van der Waals surface area contributed by atoms with Crippen LogP contribution in [0, 0.1) is 0 Å². The molecule has 1 saturated heterocycles. The topological polar surface area (TPSA) is 73.9 Å². The first-order valence-corrected chi connectivity index (χ1v) is 9.74. The molecule has 1 aliphatic carbocycles. The van der Waals surface area contributed by atoms with Crippen molar-refractivity contribution in [2.45, 2.75) is 57.0 Å². The van der Waals surface area contributed by atoms with E-state index in [4.69, 9.17) is 0 Å². The quantitative estimate of drug-likeness (QED) is 0.886. The van der Waals surface area contributed by atoms with Gasteiger partial charge in [-0.2, -0.15) is 5.10 Å². The maximum atomic E-state index is 13.3. The van der Waals surface area contributed by atoms with Gasteiger partial charge in [-0.25, -0.2) is 0 Å². The Morgan fingerprint density at radius 2 is 2.15 bits per heavy atom. The molecule has 4 rings (SSSR count). The second-order valence-electron chi connectivity index (χ2n) is 7.54. The van der Waals surface area contributed by atoms with Gasteiger partial charge in [-0.1, -0.05) is 32.3 Å². The van der Waals surface area contributed by atoms with Crippen molar-refractivity contribution in [1.29, 1.82) is 0 Å². The molecule has 1 saturated carbocycles. The Hall–Kier alpha value is -2.21. The van der Waals surface area contributed by atoms with Crippen LogP contribution < -0.4 is 5.32 Å². The number of amides is 1. The highest BCUT2D eigenvalue weighted by Crippen LogP contribution is 2.42. The van der Waals surface area contributed by atoms with Gasteiger partial charge in [0.2, 0.25) is 0 Å². The molecule has 1 amide bonds. The molecule has 1 aliphatic heterocycles. The van der Waals surface area contributed by atoms with Gasteiger partial charge >= 0.3 is 0 Å². The second-order valence-corrected chi connectivity index (χ2v) is 7.54. The molecule has 1 spiro atoms. The van der Waals surface area contributed by atoms with E-state index in [1.54, 1.807) is 6.20 Å². The molecule has 0 unspecified atom stereocenters. The summed E-state index contributed by atoms with van der Waals surface area (Å²) in [6.07, 6.45) is 8.74. The monoisotopic (exact) mass is 353 g/mol. The number of aromatic nitrogens is 3. The van der Waals surface area contributed by atoms with E-state index in [0.29, 0.717) is 17.4 Å². The van der Waals surface area contributed by atoms with Crippen LogP contribution in [-0.4, -0.2) is 50.7 Å². The lowest BCUT2D eigenvalue weighted by molar-refractivity contribution is 0.0494. The molecule has 2 fully saturated rings. The molecule has 6 heteroatoms. The third-order valence-corrected chi connectivity index (χ3v) is 5.86. The first-order chi connectivity index (χ1) is 12.7. The minimum atomic E-state index is 0.0123. The van der Waals surface area contributed by atoms with Crippen LogP contribution in [0.3, 0.4) is 0 Å². The summed E-state index contributed by atoms with van der Waals surface area (Å²) >= 11 is 0. The number of nitrogens with one attached hydrogen (secondary N) is 2. The van der Waals surface area contributed by atoms with Crippen LogP contribution in [0.1, 0.15) is 55.9 Å². The van der Waals surface area contributed by atoms with Crippen LogP contribution in [0.25, 0.3) is 11.4 Å². The summed E-state index contributed by atoms with van der Waals surface area (Å²) in [5, 5.41) is 10.8. The molecule has 2 aliphatic rings. The van der Waals surface area contributed by atoms with Crippen molar-refractivity contribution in [2.24, 2.45) is 0 Å². The normalized spacial score (nSPS) is 22.0.